The van der Waals surface area contributed by atoms with Crippen molar-refractivity contribution < 1.29 is 10.2 Å². The van der Waals surface area contributed by atoms with Gasteiger partial charge in [-0.2, -0.15) is 4.98 Å². The molecule has 2 aliphatic rings. The molecule has 176 valence electrons. The monoisotopic (exact) mass is 468 g/mol. The molecule has 0 amide bonds. The molecule has 0 unspecified atom stereocenters. The first-order chi connectivity index (χ1) is 15.9. The Balaban J connectivity index is 1.55. The van der Waals surface area contributed by atoms with Crippen LogP contribution in [0.5, 0.6) is 0 Å². The second kappa shape index (κ2) is 9.12. The number of aliphatic hydroxyl groups is 2. The van der Waals surface area contributed by atoms with Gasteiger partial charge in [-0.3, -0.25) is 4.98 Å². The lowest BCUT2D eigenvalue weighted by molar-refractivity contribution is 0.0210. The van der Waals surface area contributed by atoms with Crippen molar-refractivity contribution in [1.82, 2.24) is 19.9 Å². The molecule has 2 aliphatic carbocycles. The SMILES string of the molecule is Cc1nc(NC2CCCCC2)nc(N[C@@H]2C[C@H](C)[C@@H](O)[C@H]2O)c1-c1nc2c(C)nccc2s1. The quantitative estimate of drug-likeness (QED) is 0.443. The predicted octanol–water partition coefficient (Wildman–Crippen LogP) is 4.05. The molecular weight excluding hydrogens is 436 g/mol. The lowest BCUT2D eigenvalue weighted by atomic mass is 9.96. The van der Waals surface area contributed by atoms with Crippen LogP contribution in [0.4, 0.5) is 11.8 Å². The number of pyridine rings is 1. The third-order valence-electron chi connectivity index (χ3n) is 7.03. The van der Waals surface area contributed by atoms with E-state index < -0.39 is 12.2 Å². The second-order valence-electron chi connectivity index (χ2n) is 9.54. The van der Waals surface area contributed by atoms with E-state index in [1.807, 2.05) is 26.8 Å². The third kappa shape index (κ3) is 4.41. The van der Waals surface area contributed by atoms with Crippen molar-refractivity contribution in [3.8, 4) is 10.6 Å². The van der Waals surface area contributed by atoms with Gasteiger partial charge in [0.25, 0.3) is 0 Å². The van der Waals surface area contributed by atoms with Crippen molar-refractivity contribution in [3.63, 3.8) is 0 Å². The zero-order chi connectivity index (χ0) is 23.1. The highest BCUT2D eigenvalue weighted by atomic mass is 32.1. The van der Waals surface area contributed by atoms with Crippen LogP contribution in [-0.4, -0.2) is 54.4 Å². The molecule has 8 nitrogen and oxygen atoms in total. The summed E-state index contributed by atoms with van der Waals surface area (Å²) in [7, 11) is 0. The predicted molar refractivity (Wildman–Crippen MR) is 132 cm³/mol. The summed E-state index contributed by atoms with van der Waals surface area (Å²) in [6.07, 6.45) is 6.87. The normalized spacial score (nSPS) is 26.1. The number of hydrogen-bond acceptors (Lipinski definition) is 9. The maximum Gasteiger partial charge on any atom is 0.225 e. The Hall–Kier alpha value is -2.36. The van der Waals surface area contributed by atoms with E-state index in [1.54, 1.807) is 17.5 Å². The largest absolute Gasteiger partial charge is 0.390 e. The van der Waals surface area contributed by atoms with Gasteiger partial charge in [0.15, 0.2) is 0 Å². The summed E-state index contributed by atoms with van der Waals surface area (Å²) in [6.45, 7) is 5.90. The Kier molecular flexibility index (Phi) is 6.20. The van der Waals surface area contributed by atoms with Crippen molar-refractivity contribution in [2.45, 2.75) is 83.6 Å². The Labute approximate surface area is 197 Å². The number of nitrogens with zero attached hydrogens (tertiary/aromatic N) is 4. The number of aromatic nitrogens is 4. The number of aryl methyl sites for hydroxylation is 2. The van der Waals surface area contributed by atoms with E-state index in [2.05, 4.69) is 15.6 Å². The van der Waals surface area contributed by atoms with Crippen molar-refractivity contribution >= 4 is 33.3 Å². The fourth-order valence-corrected chi connectivity index (χ4v) is 6.20. The molecule has 2 saturated carbocycles. The number of thiazole rings is 1. The minimum atomic E-state index is -0.848. The zero-order valence-corrected chi connectivity index (χ0v) is 20.2. The standard InChI is InChI=1S/C24H32N6O2S/c1-12-11-16(21(32)20(12)31)28-22-18(23-29-19-14(3)25-10-9-17(19)33-23)13(2)26-24(30-22)27-15-7-5-4-6-8-15/h9-10,12,15-16,20-21,31-32H,4-8,11H2,1-3H3,(H2,26,27,28,30)/t12-,16+,20+,21-/m0/s1. The number of fused-ring (bicyclic) bond motifs is 1. The lowest BCUT2D eigenvalue weighted by Crippen LogP contribution is -2.35. The van der Waals surface area contributed by atoms with Gasteiger partial charge in [0.2, 0.25) is 5.95 Å². The van der Waals surface area contributed by atoms with Gasteiger partial charge < -0.3 is 20.8 Å². The van der Waals surface area contributed by atoms with E-state index in [0.717, 1.165) is 45.0 Å². The summed E-state index contributed by atoms with van der Waals surface area (Å²) in [4.78, 5) is 18.9. The van der Waals surface area contributed by atoms with Crippen LogP contribution in [0, 0.1) is 19.8 Å². The fourth-order valence-electron chi connectivity index (χ4n) is 5.09. The molecule has 0 saturated heterocycles. The van der Waals surface area contributed by atoms with Crippen molar-refractivity contribution in [2.75, 3.05) is 10.6 Å². The van der Waals surface area contributed by atoms with Gasteiger partial charge in [-0.25, -0.2) is 9.97 Å². The lowest BCUT2D eigenvalue weighted by Gasteiger charge is -2.25. The number of nitrogens with one attached hydrogen (secondary N) is 2. The molecule has 4 atom stereocenters. The topological polar surface area (TPSA) is 116 Å². The van der Waals surface area contributed by atoms with Gasteiger partial charge in [-0.05, 0) is 45.1 Å². The van der Waals surface area contributed by atoms with Crippen LogP contribution in [0.3, 0.4) is 0 Å². The molecule has 3 aromatic rings. The Morgan fingerprint density at radius 1 is 0.970 bits per heavy atom. The molecular formula is C24H32N6O2S. The molecule has 0 bridgehead atoms. The Bertz CT molecular complexity index is 1150. The maximum atomic E-state index is 10.6. The van der Waals surface area contributed by atoms with Crippen LogP contribution in [0.15, 0.2) is 12.3 Å². The van der Waals surface area contributed by atoms with Crippen LogP contribution >= 0.6 is 11.3 Å². The number of aliphatic hydroxyl groups excluding tert-OH is 2. The Morgan fingerprint density at radius 2 is 1.76 bits per heavy atom. The molecule has 0 aliphatic heterocycles. The van der Waals surface area contributed by atoms with Crippen LogP contribution in [0.2, 0.25) is 0 Å². The van der Waals surface area contributed by atoms with E-state index in [9.17, 15) is 10.2 Å². The van der Waals surface area contributed by atoms with Gasteiger partial charge in [0, 0.05) is 12.2 Å². The van der Waals surface area contributed by atoms with Gasteiger partial charge >= 0.3 is 0 Å². The third-order valence-corrected chi connectivity index (χ3v) is 8.06. The number of anilines is 2. The fraction of sp³-hybridized carbons (Fsp3) is 0.583. The smallest absolute Gasteiger partial charge is 0.225 e. The van der Waals surface area contributed by atoms with E-state index in [4.69, 9.17) is 15.0 Å². The van der Waals surface area contributed by atoms with Gasteiger partial charge in [-0.15, -0.1) is 11.3 Å². The molecule has 3 heterocycles. The van der Waals surface area contributed by atoms with Crippen LogP contribution in [0.1, 0.15) is 56.8 Å². The maximum absolute atomic E-state index is 10.6. The first kappa shape index (κ1) is 22.4. The molecule has 3 aromatic heterocycles. The summed E-state index contributed by atoms with van der Waals surface area (Å²) in [6, 6.07) is 2.07. The first-order valence-corrected chi connectivity index (χ1v) is 12.7. The number of hydrogen-bond donors (Lipinski definition) is 4. The summed E-state index contributed by atoms with van der Waals surface area (Å²) in [5.74, 6) is 1.27. The second-order valence-corrected chi connectivity index (χ2v) is 10.6. The van der Waals surface area contributed by atoms with Crippen molar-refractivity contribution in [3.05, 3.63) is 23.7 Å². The molecule has 4 N–H and O–H groups in total. The van der Waals surface area contributed by atoms with Crippen molar-refractivity contribution in [1.29, 1.82) is 0 Å². The summed E-state index contributed by atoms with van der Waals surface area (Å²) in [5, 5.41) is 28.7. The van der Waals surface area contributed by atoms with E-state index in [0.29, 0.717) is 24.2 Å². The molecule has 0 spiro atoms. The molecule has 9 heteroatoms. The van der Waals surface area contributed by atoms with E-state index in [1.165, 1.54) is 19.3 Å². The highest BCUT2D eigenvalue weighted by molar-refractivity contribution is 7.21. The minimum absolute atomic E-state index is 0.0138. The van der Waals surface area contributed by atoms with Gasteiger partial charge in [0.1, 0.15) is 22.4 Å². The van der Waals surface area contributed by atoms with Gasteiger partial charge in [0.05, 0.1) is 33.8 Å². The van der Waals surface area contributed by atoms with E-state index in [-0.39, 0.29) is 12.0 Å². The number of rotatable bonds is 5. The highest BCUT2D eigenvalue weighted by Crippen LogP contribution is 2.38. The highest BCUT2D eigenvalue weighted by Gasteiger charge is 2.39. The van der Waals surface area contributed by atoms with Crippen LogP contribution < -0.4 is 10.6 Å². The first-order valence-electron chi connectivity index (χ1n) is 11.9. The molecule has 2 fully saturated rings. The average molecular weight is 469 g/mol. The van der Waals surface area contributed by atoms with E-state index >= 15 is 0 Å². The van der Waals surface area contributed by atoms with Crippen LogP contribution in [-0.2, 0) is 0 Å². The zero-order valence-electron chi connectivity index (χ0n) is 19.4. The summed E-state index contributed by atoms with van der Waals surface area (Å²) in [5.41, 5.74) is 3.45. The van der Waals surface area contributed by atoms with Gasteiger partial charge in [-0.1, -0.05) is 26.2 Å². The molecule has 0 aromatic carbocycles. The van der Waals surface area contributed by atoms with Crippen LogP contribution in [0.25, 0.3) is 20.8 Å². The molecule has 33 heavy (non-hydrogen) atoms. The summed E-state index contributed by atoms with van der Waals surface area (Å²) < 4.78 is 1.07. The van der Waals surface area contributed by atoms with Crippen molar-refractivity contribution in [2.24, 2.45) is 5.92 Å². The minimum Gasteiger partial charge on any atom is -0.390 e. The molecule has 0 radical (unpaired) electrons. The summed E-state index contributed by atoms with van der Waals surface area (Å²) >= 11 is 1.59. The Morgan fingerprint density at radius 3 is 2.45 bits per heavy atom. The molecule has 5 rings (SSSR count). The average Bonchev–Trinajstić information content (AvgIpc) is 3.32.